The van der Waals surface area contributed by atoms with Crippen LogP contribution in [0.1, 0.15) is 35.5 Å². The third-order valence-corrected chi connectivity index (χ3v) is 6.20. The van der Waals surface area contributed by atoms with Crippen LogP contribution in [-0.2, 0) is 6.54 Å². The van der Waals surface area contributed by atoms with Gasteiger partial charge in [0.1, 0.15) is 5.82 Å². The zero-order valence-electron chi connectivity index (χ0n) is 19.1. The first-order valence-electron chi connectivity index (χ1n) is 11.1. The Labute approximate surface area is 207 Å². The zero-order chi connectivity index (χ0) is 24.5. The molecule has 6 nitrogen and oxygen atoms in total. The highest BCUT2D eigenvalue weighted by molar-refractivity contribution is 6.30. The Balaban J connectivity index is 1.60. The fourth-order valence-corrected chi connectivity index (χ4v) is 4.39. The maximum Gasteiger partial charge on any atom is 0.322 e. The maximum atomic E-state index is 13.4. The van der Waals surface area contributed by atoms with Gasteiger partial charge in [-0.25, -0.2) is 9.18 Å². The number of rotatable bonds is 5. The van der Waals surface area contributed by atoms with Gasteiger partial charge in [0.2, 0.25) is 5.82 Å². The molecule has 35 heavy (non-hydrogen) atoms. The lowest BCUT2D eigenvalue weighted by Crippen LogP contribution is -2.45. The van der Waals surface area contributed by atoms with E-state index < -0.39 is 6.04 Å². The van der Waals surface area contributed by atoms with Gasteiger partial charge in [0, 0.05) is 16.3 Å². The van der Waals surface area contributed by atoms with Crippen molar-refractivity contribution >= 4 is 23.2 Å². The number of amides is 2. The van der Waals surface area contributed by atoms with Crippen molar-refractivity contribution in [3.05, 3.63) is 112 Å². The lowest BCUT2D eigenvalue weighted by Gasteiger charge is -2.35. The number of carbonyl (C=O) groups excluding carboxylic acids is 1. The SMILES string of the molecule is CC1=C(c2nc(-c3cccc(C)c3)no2)C(c2cccc(Cl)c2)NC(=O)N1Cc1ccc(F)cc1. The van der Waals surface area contributed by atoms with E-state index in [-0.39, 0.29) is 18.4 Å². The van der Waals surface area contributed by atoms with Gasteiger partial charge < -0.3 is 9.84 Å². The Morgan fingerprint density at radius 1 is 1.06 bits per heavy atom. The average Bonchev–Trinajstić information content (AvgIpc) is 3.32. The molecular weight excluding hydrogens is 467 g/mol. The van der Waals surface area contributed by atoms with Crippen LogP contribution in [-0.4, -0.2) is 21.1 Å². The van der Waals surface area contributed by atoms with Crippen LogP contribution in [0.5, 0.6) is 0 Å². The Morgan fingerprint density at radius 2 is 1.83 bits per heavy atom. The largest absolute Gasteiger partial charge is 0.334 e. The van der Waals surface area contributed by atoms with Crippen molar-refractivity contribution in [2.45, 2.75) is 26.4 Å². The van der Waals surface area contributed by atoms with Crippen LogP contribution < -0.4 is 5.32 Å². The maximum absolute atomic E-state index is 13.4. The summed E-state index contributed by atoms with van der Waals surface area (Å²) in [7, 11) is 0. The first-order chi connectivity index (χ1) is 16.9. The van der Waals surface area contributed by atoms with E-state index in [4.69, 9.17) is 16.1 Å². The first kappa shape index (κ1) is 22.8. The number of urea groups is 1. The Bertz CT molecular complexity index is 1430. The number of halogens is 2. The molecule has 2 amide bonds. The number of allylic oxidation sites excluding steroid dienone is 1. The summed E-state index contributed by atoms with van der Waals surface area (Å²) >= 11 is 6.26. The first-order valence-corrected chi connectivity index (χ1v) is 11.5. The summed E-state index contributed by atoms with van der Waals surface area (Å²) in [6.07, 6.45) is 0. The van der Waals surface area contributed by atoms with E-state index >= 15 is 0 Å². The number of hydrogen-bond donors (Lipinski definition) is 1. The molecule has 1 aliphatic heterocycles. The molecule has 3 aromatic carbocycles. The molecular formula is C27H22ClFN4O2. The summed E-state index contributed by atoms with van der Waals surface area (Å²) in [6.45, 7) is 4.09. The molecule has 0 aliphatic carbocycles. The summed E-state index contributed by atoms with van der Waals surface area (Å²) in [4.78, 5) is 19.5. The van der Waals surface area contributed by atoms with Gasteiger partial charge in [-0.1, -0.05) is 64.8 Å². The van der Waals surface area contributed by atoms with Gasteiger partial charge in [-0.15, -0.1) is 0 Å². The van der Waals surface area contributed by atoms with Gasteiger partial charge in [-0.3, -0.25) is 4.90 Å². The second-order valence-electron chi connectivity index (χ2n) is 8.44. The van der Waals surface area contributed by atoms with E-state index in [0.29, 0.717) is 28.0 Å². The minimum Gasteiger partial charge on any atom is -0.334 e. The number of aryl methyl sites for hydroxylation is 1. The second kappa shape index (κ2) is 9.35. The highest BCUT2D eigenvalue weighted by Gasteiger charge is 2.36. The quantitative estimate of drug-likeness (QED) is 0.346. The van der Waals surface area contributed by atoms with Crippen LogP contribution in [0, 0.1) is 12.7 Å². The molecule has 1 aromatic heterocycles. The van der Waals surface area contributed by atoms with Crippen LogP contribution in [0.3, 0.4) is 0 Å². The molecule has 0 saturated carbocycles. The van der Waals surface area contributed by atoms with E-state index in [0.717, 1.165) is 22.3 Å². The lowest BCUT2D eigenvalue weighted by molar-refractivity contribution is 0.203. The molecule has 1 aliphatic rings. The molecule has 0 radical (unpaired) electrons. The number of nitrogens with zero attached hydrogens (tertiary/aromatic N) is 3. The minimum absolute atomic E-state index is 0.253. The van der Waals surface area contributed by atoms with Gasteiger partial charge in [0.05, 0.1) is 18.2 Å². The van der Waals surface area contributed by atoms with E-state index in [9.17, 15) is 9.18 Å². The highest BCUT2D eigenvalue weighted by atomic mass is 35.5. The predicted molar refractivity (Wildman–Crippen MR) is 132 cm³/mol. The molecule has 176 valence electrons. The van der Waals surface area contributed by atoms with Gasteiger partial charge in [-0.2, -0.15) is 4.98 Å². The summed E-state index contributed by atoms with van der Waals surface area (Å²) in [6, 6.07) is 20.3. The van der Waals surface area contributed by atoms with Crippen LogP contribution in [0.2, 0.25) is 5.02 Å². The predicted octanol–water partition coefficient (Wildman–Crippen LogP) is 6.54. The van der Waals surface area contributed by atoms with Gasteiger partial charge in [-0.05, 0) is 55.3 Å². The summed E-state index contributed by atoms with van der Waals surface area (Å²) in [5.74, 6) is 0.421. The Kier molecular flexibility index (Phi) is 6.09. The van der Waals surface area contributed by atoms with Crippen molar-refractivity contribution in [1.29, 1.82) is 0 Å². The number of hydrogen-bond acceptors (Lipinski definition) is 4. The Morgan fingerprint density at radius 3 is 2.57 bits per heavy atom. The van der Waals surface area contributed by atoms with Crippen molar-refractivity contribution in [1.82, 2.24) is 20.4 Å². The molecule has 0 saturated heterocycles. The molecule has 4 aromatic rings. The normalized spacial score (nSPS) is 15.9. The Hall–Kier alpha value is -3.97. The topological polar surface area (TPSA) is 71.3 Å². The summed E-state index contributed by atoms with van der Waals surface area (Å²) < 4.78 is 19.1. The highest BCUT2D eigenvalue weighted by Crippen LogP contribution is 2.38. The van der Waals surface area contributed by atoms with E-state index in [1.165, 1.54) is 12.1 Å². The molecule has 0 spiro atoms. The van der Waals surface area contributed by atoms with Gasteiger partial charge in [0.25, 0.3) is 5.89 Å². The summed E-state index contributed by atoms with van der Waals surface area (Å²) in [5.41, 5.74) is 4.81. The fourth-order valence-electron chi connectivity index (χ4n) is 4.19. The number of carbonyl (C=O) groups is 1. The fraction of sp³-hybridized carbons (Fsp3) is 0.148. The molecule has 1 unspecified atom stereocenters. The molecule has 0 fully saturated rings. The molecule has 8 heteroatoms. The third kappa shape index (κ3) is 4.68. The van der Waals surface area contributed by atoms with Crippen molar-refractivity contribution in [2.75, 3.05) is 0 Å². The van der Waals surface area contributed by atoms with E-state index in [1.807, 2.05) is 50.2 Å². The molecule has 2 heterocycles. The molecule has 5 rings (SSSR count). The second-order valence-corrected chi connectivity index (χ2v) is 8.88. The zero-order valence-corrected chi connectivity index (χ0v) is 19.9. The van der Waals surface area contributed by atoms with E-state index in [1.54, 1.807) is 29.2 Å². The number of benzene rings is 3. The van der Waals surface area contributed by atoms with Crippen molar-refractivity contribution < 1.29 is 13.7 Å². The number of aromatic nitrogens is 2. The standard InChI is InChI=1S/C27H22ClFN4O2/c1-16-5-3-7-20(13-16)25-31-26(35-32-25)23-17(2)33(15-18-9-11-22(29)12-10-18)27(34)30-24(23)19-6-4-8-21(28)14-19/h3-14,24H,15H2,1-2H3,(H,30,34). The molecule has 1 atom stereocenters. The molecule has 1 N–H and O–H groups in total. The average molecular weight is 489 g/mol. The van der Waals surface area contributed by atoms with Crippen LogP contribution >= 0.6 is 11.6 Å². The van der Waals surface area contributed by atoms with Crippen molar-refractivity contribution in [2.24, 2.45) is 0 Å². The van der Waals surface area contributed by atoms with Crippen molar-refractivity contribution in [3.63, 3.8) is 0 Å². The van der Waals surface area contributed by atoms with Gasteiger partial charge in [0.15, 0.2) is 0 Å². The smallest absolute Gasteiger partial charge is 0.322 e. The lowest BCUT2D eigenvalue weighted by atomic mass is 9.94. The summed E-state index contributed by atoms with van der Waals surface area (Å²) in [5, 5.41) is 7.80. The third-order valence-electron chi connectivity index (χ3n) is 5.96. The molecule has 0 bridgehead atoms. The minimum atomic E-state index is -0.545. The van der Waals surface area contributed by atoms with Gasteiger partial charge >= 0.3 is 6.03 Å². The van der Waals surface area contributed by atoms with E-state index in [2.05, 4.69) is 15.5 Å². The van der Waals surface area contributed by atoms with Crippen LogP contribution in [0.4, 0.5) is 9.18 Å². The van der Waals surface area contributed by atoms with Crippen LogP contribution in [0.15, 0.2) is 83.0 Å². The monoisotopic (exact) mass is 488 g/mol. The van der Waals surface area contributed by atoms with Crippen LogP contribution in [0.25, 0.3) is 17.0 Å². The number of nitrogens with one attached hydrogen (secondary N) is 1. The van der Waals surface area contributed by atoms with Crippen molar-refractivity contribution in [3.8, 4) is 11.4 Å².